The van der Waals surface area contributed by atoms with Gasteiger partial charge >= 0.3 is 0 Å². The number of amides is 2. The smallest absolute Gasteiger partial charge is 0.264 e. The van der Waals surface area contributed by atoms with Gasteiger partial charge < -0.3 is 15.1 Å². The SMILES string of the molecule is CCC(C)NCC(=O)N1CCN(C(=O)c2cccs2)CC1. The molecule has 1 fully saturated rings. The van der Waals surface area contributed by atoms with E-state index in [1.54, 1.807) is 0 Å². The normalized spacial score (nSPS) is 16.9. The molecular formula is C15H23N3O2S. The van der Waals surface area contributed by atoms with Gasteiger partial charge in [0.1, 0.15) is 0 Å². The summed E-state index contributed by atoms with van der Waals surface area (Å²) in [6.07, 6.45) is 1.01. The summed E-state index contributed by atoms with van der Waals surface area (Å²) in [5.74, 6) is 0.202. The third kappa shape index (κ3) is 4.28. The van der Waals surface area contributed by atoms with Crippen LogP contribution >= 0.6 is 11.3 Å². The molecule has 1 aromatic heterocycles. The lowest BCUT2D eigenvalue weighted by molar-refractivity contribution is -0.131. The molecule has 2 rings (SSSR count). The molecule has 0 aromatic carbocycles. The van der Waals surface area contributed by atoms with E-state index in [-0.39, 0.29) is 11.8 Å². The standard InChI is InChI=1S/C15H23N3O2S/c1-3-12(2)16-11-14(19)17-6-8-18(9-7-17)15(20)13-5-4-10-21-13/h4-5,10,12,16H,3,6-9,11H2,1-2H3. The van der Waals surface area contributed by atoms with Crippen LogP contribution in [0.25, 0.3) is 0 Å². The van der Waals surface area contributed by atoms with Crippen molar-refractivity contribution < 1.29 is 9.59 Å². The molecule has 1 aromatic rings. The Morgan fingerprint density at radius 1 is 1.29 bits per heavy atom. The van der Waals surface area contributed by atoms with Crippen LogP contribution in [0.15, 0.2) is 17.5 Å². The molecule has 0 bridgehead atoms. The van der Waals surface area contributed by atoms with Crippen molar-refractivity contribution in [1.82, 2.24) is 15.1 Å². The number of thiophene rings is 1. The van der Waals surface area contributed by atoms with Gasteiger partial charge in [0.05, 0.1) is 11.4 Å². The minimum absolute atomic E-state index is 0.0785. The van der Waals surface area contributed by atoms with Gasteiger partial charge in [-0.15, -0.1) is 11.3 Å². The summed E-state index contributed by atoms with van der Waals surface area (Å²) in [5.41, 5.74) is 0. The van der Waals surface area contributed by atoms with Crippen molar-refractivity contribution in [2.24, 2.45) is 0 Å². The maximum atomic E-state index is 12.2. The van der Waals surface area contributed by atoms with Gasteiger partial charge in [-0.3, -0.25) is 9.59 Å². The van der Waals surface area contributed by atoms with E-state index < -0.39 is 0 Å². The van der Waals surface area contributed by atoms with Gasteiger partial charge in [-0.2, -0.15) is 0 Å². The minimum Gasteiger partial charge on any atom is -0.338 e. The van der Waals surface area contributed by atoms with E-state index in [0.29, 0.717) is 38.8 Å². The summed E-state index contributed by atoms with van der Waals surface area (Å²) in [6.45, 7) is 7.03. The highest BCUT2D eigenvalue weighted by atomic mass is 32.1. The van der Waals surface area contributed by atoms with Crippen molar-refractivity contribution in [2.45, 2.75) is 26.3 Å². The van der Waals surface area contributed by atoms with Gasteiger partial charge in [0.15, 0.2) is 0 Å². The summed E-state index contributed by atoms with van der Waals surface area (Å²) in [7, 11) is 0. The molecule has 2 heterocycles. The van der Waals surface area contributed by atoms with Crippen LogP contribution in [0.2, 0.25) is 0 Å². The fraction of sp³-hybridized carbons (Fsp3) is 0.600. The van der Waals surface area contributed by atoms with E-state index in [0.717, 1.165) is 11.3 Å². The highest BCUT2D eigenvalue weighted by Crippen LogP contribution is 2.13. The third-order valence-electron chi connectivity index (χ3n) is 3.87. The molecule has 1 atom stereocenters. The molecule has 1 saturated heterocycles. The molecule has 1 aliphatic rings. The van der Waals surface area contributed by atoms with Gasteiger partial charge in [0, 0.05) is 32.2 Å². The maximum Gasteiger partial charge on any atom is 0.264 e. The highest BCUT2D eigenvalue weighted by molar-refractivity contribution is 7.12. The van der Waals surface area contributed by atoms with Crippen LogP contribution in [-0.4, -0.2) is 60.4 Å². The zero-order chi connectivity index (χ0) is 15.2. The van der Waals surface area contributed by atoms with Crippen molar-refractivity contribution in [3.63, 3.8) is 0 Å². The first-order valence-corrected chi connectivity index (χ1v) is 8.33. The fourth-order valence-electron chi connectivity index (χ4n) is 2.23. The Hall–Kier alpha value is -1.40. The average molecular weight is 309 g/mol. The Bertz CT molecular complexity index is 467. The number of nitrogens with zero attached hydrogens (tertiary/aromatic N) is 2. The van der Waals surface area contributed by atoms with Crippen LogP contribution in [0.4, 0.5) is 0 Å². The topological polar surface area (TPSA) is 52.7 Å². The summed E-state index contributed by atoms with van der Waals surface area (Å²) in [4.78, 5) is 28.7. The Morgan fingerprint density at radius 2 is 1.95 bits per heavy atom. The van der Waals surface area contributed by atoms with Crippen molar-refractivity contribution in [1.29, 1.82) is 0 Å². The Labute approximate surface area is 129 Å². The molecule has 2 amide bonds. The zero-order valence-electron chi connectivity index (χ0n) is 12.7. The van der Waals surface area contributed by atoms with Crippen LogP contribution in [0, 0.1) is 0 Å². The summed E-state index contributed by atoms with van der Waals surface area (Å²) in [5, 5.41) is 5.13. The Balaban J connectivity index is 1.77. The van der Waals surface area contributed by atoms with Crippen LogP contribution in [-0.2, 0) is 4.79 Å². The highest BCUT2D eigenvalue weighted by Gasteiger charge is 2.25. The fourth-order valence-corrected chi connectivity index (χ4v) is 2.92. The minimum atomic E-state index is 0.0785. The molecule has 0 saturated carbocycles. The van der Waals surface area contributed by atoms with Crippen molar-refractivity contribution in [2.75, 3.05) is 32.7 Å². The molecular weight excluding hydrogens is 286 g/mol. The molecule has 0 radical (unpaired) electrons. The molecule has 1 unspecified atom stereocenters. The molecule has 116 valence electrons. The summed E-state index contributed by atoms with van der Waals surface area (Å²) in [6, 6.07) is 4.09. The van der Waals surface area contributed by atoms with Crippen molar-refractivity contribution in [3.8, 4) is 0 Å². The molecule has 0 aliphatic carbocycles. The molecule has 0 spiro atoms. The Morgan fingerprint density at radius 3 is 2.52 bits per heavy atom. The lowest BCUT2D eigenvalue weighted by atomic mass is 10.2. The van der Waals surface area contributed by atoms with Crippen molar-refractivity contribution >= 4 is 23.2 Å². The number of piperazine rings is 1. The summed E-state index contributed by atoms with van der Waals surface area (Å²) < 4.78 is 0. The first kappa shape index (κ1) is 16.0. The van der Waals surface area contributed by atoms with Gasteiger partial charge in [-0.1, -0.05) is 13.0 Å². The van der Waals surface area contributed by atoms with E-state index in [4.69, 9.17) is 0 Å². The predicted octanol–water partition coefficient (Wildman–Crippen LogP) is 1.42. The average Bonchev–Trinajstić information content (AvgIpc) is 3.06. The first-order valence-electron chi connectivity index (χ1n) is 7.45. The number of rotatable bonds is 5. The second-order valence-electron chi connectivity index (χ2n) is 5.34. The van der Waals surface area contributed by atoms with E-state index in [9.17, 15) is 9.59 Å². The zero-order valence-corrected chi connectivity index (χ0v) is 13.5. The van der Waals surface area contributed by atoms with E-state index >= 15 is 0 Å². The van der Waals surface area contributed by atoms with Gasteiger partial charge in [-0.25, -0.2) is 0 Å². The molecule has 1 N–H and O–H groups in total. The molecule has 21 heavy (non-hydrogen) atoms. The van der Waals surface area contributed by atoms with Gasteiger partial charge in [-0.05, 0) is 24.8 Å². The van der Waals surface area contributed by atoms with Gasteiger partial charge in [0.2, 0.25) is 5.91 Å². The van der Waals surface area contributed by atoms with Gasteiger partial charge in [0.25, 0.3) is 5.91 Å². The van der Waals surface area contributed by atoms with E-state index in [1.807, 2.05) is 27.3 Å². The molecule has 1 aliphatic heterocycles. The second-order valence-corrected chi connectivity index (χ2v) is 6.29. The first-order chi connectivity index (χ1) is 10.1. The lowest BCUT2D eigenvalue weighted by Gasteiger charge is -2.34. The number of hydrogen-bond acceptors (Lipinski definition) is 4. The van der Waals surface area contributed by atoms with Crippen LogP contribution < -0.4 is 5.32 Å². The monoisotopic (exact) mass is 309 g/mol. The van der Waals surface area contributed by atoms with E-state index in [1.165, 1.54) is 11.3 Å². The number of carbonyl (C=O) groups excluding carboxylic acids is 2. The quantitative estimate of drug-likeness (QED) is 0.895. The number of hydrogen-bond donors (Lipinski definition) is 1. The third-order valence-corrected chi connectivity index (χ3v) is 4.72. The maximum absolute atomic E-state index is 12.2. The number of carbonyl (C=O) groups is 2. The van der Waals surface area contributed by atoms with Crippen LogP contribution in [0.3, 0.4) is 0 Å². The van der Waals surface area contributed by atoms with Crippen LogP contribution in [0.1, 0.15) is 29.9 Å². The lowest BCUT2D eigenvalue weighted by Crippen LogP contribution is -2.52. The molecule has 5 nitrogen and oxygen atoms in total. The molecule has 6 heteroatoms. The van der Waals surface area contributed by atoms with E-state index in [2.05, 4.69) is 19.2 Å². The summed E-state index contributed by atoms with van der Waals surface area (Å²) >= 11 is 1.46. The number of nitrogens with one attached hydrogen (secondary N) is 1. The van der Waals surface area contributed by atoms with Crippen LogP contribution in [0.5, 0.6) is 0 Å². The Kier molecular flexibility index (Phi) is 5.76. The predicted molar refractivity (Wildman–Crippen MR) is 84.6 cm³/mol. The second kappa shape index (κ2) is 7.56. The van der Waals surface area contributed by atoms with Crippen molar-refractivity contribution in [3.05, 3.63) is 22.4 Å². The largest absolute Gasteiger partial charge is 0.338 e.